The van der Waals surface area contributed by atoms with Gasteiger partial charge in [-0.1, -0.05) is 35.9 Å². The third-order valence-electron chi connectivity index (χ3n) is 5.49. The molecule has 2 heterocycles. The lowest BCUT2D eigenvalue weighted by Crippen LogP contribution is -2.18. The molecular weight excluding hydrogens is 443 g/mol. The molecule has 4 rings (SSSR count). The first kappa shape index (κ1) is 21.5. The van der Waals surface area contributed by atoms with E-state index in [2.05, 4.69) is 4.98 Å². The van der Waals surface area contributed by atoms with Crippen molar-refractivity contribution in [3.8, 4) is 0 Å². The number of carbonyl (C=O) groups is 1. The Morgan fingerprint density at radius 3 is 2.71 bits per heavy atom. The third-order valence-corrected chi connectivity index (χ3v) is 7.59. The van der Waals surface area contributed by atoms with Crippen LogP contribution < -0.4 is 0 Å². The summed E-state index contributed by atoms with van der Waals surface area (Å²) < 4.78 is 47.0. The molecule has 0 N–H and O–H groups in total. The van der Waals surface area contributed by atoms with E-state index in [1.165, 1.54) is 19.2 Å². The van der Waals surface area contributed by atoms with Crippen LogP contribution in [0, 0.1) is 11.7 Å². The van der Waals surface area contributed by atoms with Crippen LogP contribution in [-0.2, 0) is 19.6 Å². The van der Waals surface area contributed by atoms with E-state index >= 15 is 0 Å². The van der Waals surface area contributed by atoms with Gasteiger partial charge in [0.25, 0.3) is 10.0 Å². The number of ether oxygens (including phenoxy) is 1. The average Bonchev–Trinajstić information content (AvgIpc) is 3.18. The van der Waals surface area contributed by atoms with Crippen LogP contribution in [-0.4, -0.2) is 30.5 Å². The molecule has 0 bridgehead atoms. The molecule has 31 heavy (non-hydrogen) atoms. The first-order chi connectivity index (χ1) is 14.8. The van der Waals surface area contributed by atoms with E-state index in [-0.39, 0.29) is 32.8 Å². The summed E-state index contributed by atoms with van der Waals surface area (Å²) >= 11 is 6.15. The molecule has 2 aromatic heterocycles. The summed E-state index contributed by atoms with van der Waals surface area (Å²) in [5, 5.41) is 0.0574. The van der Waals surface area contributed by atoms with E-state index in [0.717, 1.165) is 15.7 Å². The highest BCUT2D eigenvalue weighted by Gasteiger charge is 2.29. The van der Waals surface area contributed by atoms with Crippen LogP contribution in [0.4, 0.5) is 4.39 Å². The van der Waals surface area contributed by atoms with Gasteiger partial charge in [-0.25, -0.2) is 21.8 Å². The molecule has 0 amide bonds. The Balaban J connectivity index is 1.86. The van der Waals surface area contributed by atoms with E-state index in [4.69, 9.17) is 16.3 Å². The second-order valence-corrected chi connectivity index (χ2v) is 9.58. The van der Waals surface area contributed by atoms with Crippen LogP contribution in [0.2, 0.25) is 5.02 Å². The predicted molar refractivity (Wildman–Crippen MR) is 116 cm³/mol. The minimum absolute atomic E-state index is 0.0721. The number of nitrogens with zero attached hydrogens (tertiary/aromatic N) is 2. The molecule has 3 aromatic rings. The van der Waals surface area contributed by atoms with E-state index in [9.17, 15) is 17.6 Å². The number of pyridine rings is 1. The average molecular weight is 463 g/mol. The van der Waals surface area contributed by atoms with Crippen molar-refractivity contribution >= 4 is 44.2 Å². The Hall–Kier alpha value is -2.71. The fraction of sp³-hybridized carbons (Fsp3) is 0.273. The number of aromatic nitrogens is 2. The number of carbonyl (C=O) groups excluding carboxylic acids is 1. The van der Waals surface area contributed by atoms with Crippen molar-refractivity contribution in [2.45, 2.75) is 30.6 Å². The zero-order chi connectivity index (χ0) is 22.2. The maximum absolute atomic E-state index is 14.0. The van der Waals surface area contributed by atoms with Gasteiger partial charge in [-0.3, -0.25) is 4.79 Å². The maximum Gasteiger partial charge on any atom is 0.305 e. The van der Waals surface area contributed by atoms with Crippen molar-refractivity contribution in [1.29, 1.82) is 0 Å². The third kappa shape index (κ3) is 3.97. The minimum Gasteiger partial charge on any atom is -0.469 e. The second kappa shape index (κ2) is 8.43. The number of esters is 1. The summed E-state index contributed by atoms with van der Waals surface area (Å²) in [6.07, 6.45) is 5.02. The molecule has 0 saturated heterocycles. The molecule has 0 radical (unpaired) electrons. The number of allylic oxidation sites excluding steroid dienone is 2. The van der Waals surface area contributed by atoms with Crippen molar-refractivity contribution in [3.05, 3.63) is 65.2 Å². The zero-order valence-electron chi connectivity index (χ0n) is 16.7. The normalized spacial score (nSPS) is 16.9. The summed E-state index contributed by atoms with van der Waals surface area (Å²) in [6, 6.07) is 9.56. The highest BCUT2D eigenvalue weighted by molar-refractivity contribution is 7.90. The fourth-order valence-electron chi connectivity index (χ4n) is 3.86. The Morgan fingerprint density at radius 1 is 1.32 bits per heavy atom. The van der Waals surface area contributed by atoms with Gasteiger partial charge in [0.2, 0.25) is 0 Å². The van der Waals surface area contributed by atoms with Gasteiger partial charge in [0.1, 0.15) is 0 Å². The number of benzene rings is 1. The molecule has 1 aliphatic carbocycles. The number of hydrogen-bond acceptors (Lipinski definition) is 5. The van der Waals surface area contributed by atoms with Crippen LogP contribution in [0.3, 0.4) is 0 Å². The molecule has 1 unspecified atom stereocenters. The highest BCUT2D eigenvalue weighted by Crippen LogP contribution is 2.38. The number of methoxy groups -OCH3 is 1. The van der Waals surface area contributed by atoms with Gasteiger partial charge in [-0.2, -0.15) is 0 Å². The molecule has 1 aliphatic rings. The number of hydrogen-bond donors (Lipinski definition) is 0. The lowest BCUT2D eigenvalue weighted by Gasteiger charge is -2.22. The van der Waals surface area contributed by atoms with Gasteiger partial charge in [0.15, 0.2) is 11.5 Å². The molecule has 0 spiro atoms. The Bertz CT molecular complexity index is 1290. The lowest BCUT2D eigenvalue weighted by molar-refractivity contribution is -0.141. The van der Waals surface area contributed by atoms with Crippen molar-refractivity contribution in [1.82, 2.24) is 8.96 Å². The fourth-order valence-corrected chi connectivity index (χ4v) is 5.56. The molecular formula is C22H20ClFN2O4S. The first-order valence-corrected chi connectivity index (χ1v) is 11.6. The molecule has 1 aromatic carbocycles. The van der Waals surface area contributed by atoms with Gasteiger partial charge in [-0.05, 0) is 49.0 Å². The quantitative estimate of drug-likeness (QED) is 0.508. The van der Waals surface area contributed by atoms with Crippen LogP contribution >= 0.6 is 11.6 Å². The molecule has 6 nitrogen and oxygen atoms in total. The van der Waals surface area contributed by atoms with Gasteiger partial charge >= 0.3 is 5.97 Å². The topological polar surface area (TPSA) is 78.3 Å². The van der Waals surface area contributed by atoms with Crippen molar-refractivity contribution in [2.24, 2.45) is 5.92 Å². The number of halogens is 2. The standard InChI is InChI=1S/C22H20ClFN2O4S/c1-30-20(27)11-14-7-9-15(10-8-14)19-12-17-21(23)18(24)13-25-22(17)26(19)31(28,29)16-5-3-2-4-6-16/h2-6,9,12-14H,7-8,10-11H2,1H3. The Labute approximate surface area is 184 Å². The van der Waals surface area contributed by atoms with E-state index in [1.54, 1.807) is 24.3 Å². The summed E-state index contributed by atoms with van der Waals surface area (Å²) in [6.45, 7) is 0. The molecule has 9 heteroatoms. The number of fused-ring (bicyclic) bond motifs is 1. The second-order valence-electron chi connectivity index (χ2n) is 7.42. The molecule has 1 atom stereocenters. The lowest BCUT2D eigenvalue weighted by atomic mass is 9.86. The van der Waals surface area contributed by atoms with Crippen LogP contribution in [0.25, 0.3) is 16.6 Å². The van der Waals surface area contributed by atoms with Gasteiger partial charge in [-0.15, -0.1) is 0 Å². The monoisotopic (exact) mass is 462 g/mol. The van der Waals surface area contributed by atoms with Crippen LogP contribution in [0.1, 0.15) is 31.4 Å². The smallest absolute Gasteiger partial charge is 0.305 e. The zero-order valence-corrected chi connectivity index (χ0v) is 18.3. The van der Waals surface area contributed by atoms with E-state index in [0.29, 0.717) is 31.4 Å². The van der Waals surface area contributed by atoms with E-state index < -0.39 is 15.8 Å². The summed E-state index contributed by atoms with van der Waals surface area (Å²) in [5.41, 5.74) is 1.26. The van der Waals surface area contributed by atoms with Crippen molar-refractivity contribution in [2.75, 3.05) is 7.11 Å². The maximum atomic E-state index is 14.0. The molecule has 0 fully saturated rings. The van der Waals surface area contributed by atoms with Crippen LogP contribution in [0.15, 0.2) is 53.6 Å². The van der Waals surface area contributed by atoms with Gasteiger partial charge < -0.3 is 4.74 Å². The Morgan fingerprint density at radius 2 is 2.06 bits per heavy atom. The Kier molecular flexibility index (Phi) is 5.85. The highest BCUT2D eigenvalue weighted by atomic mass is 35.5. The SMILES string of the molecule is COC(=O)CC1CC=C(c2cc3c(Cl)c(F)cnc3n2S(=O)(=O)c2ccccc2)CC1. The number of rotatable bonds is 5. The van der Waals surface area contributed by atoms with Crippen molar-refractivity contribution in [3.63, 3.8) is 0 Å². The largest absolute Gasteiger partial charge is 0.469 e. The van der Waals surface area contributed by atoms with E-state index in [1.807, 2.05) is 6.08 Å². The van der Waals surface area contributed by atoms with Gasteiger partial charge in [0, 0.05) is 11.8 Å². The molecule has 0 aliphatic heterocycles. The minimum atomic E-state index is -4.01. The molecule has 0 saturated carbocycles. The summed E-state index contributed by atoms with van der Waals surface area (Å²) in [4.78, 5) is 15.7. The summed E-state index contributed by atoms with van der Waals surface area (Å²) in [7, 11) is -2.65. The summed E-state index contributed by atoms with van der Waals surface area (Å²) in [5.74, 6) is -0.862. The molecule has 162 valence electrons. The first-order valence-electron chi connectivity index (χ1n) is 9.75. The van der Waals surface area contributed by atoms with Gasteiger partial charge in [0.05, 0.1) is 28.9 Å². The van der Waals surface area contributed by atoms with Crippen molar-refractivity contribution < 1.29 is 22.3 Å². The van der Waals surface area contributed by atoms with Crippen LogP contribution in [0.5, 0.6) is 0 Å². The predicted octanol–water partition coefficient (Wildman–Crippen LogP) is 4.81.